The van der Waals surface area contributed by atoms with E-state index in [4.69, 9.17) is 9.47 Å². The van der Waals surface area contributed by atoms with E-state index in [1.54, 1.807) is 0 Å². The molecule has 1 saturated heterocycles. The molecule has 1 N–H and O–H groups in total. The van der Waals surface area contributed by atoms with Crippen LogP contribution in [0.2, 0.25) is 0 Å². The maximum absolute atomic E-state index is 12.0. The van der Waals surface area contributed by atoms with Gasteiger partial charge in [-0.1, -0.05) is 48.9 Å². The van der Waals surface area contributed by atoms with Crippen LogP contribution in [0.5, 0.6) is 11.5 Å². The Morgan fingerprint density at radius 2 is 1.69 bits per heavy atom. The second kappa shape index (κ2) is 7.41. The molecule has 29 heavy (non-hydrogen) atoms. The van der Waals surface area contributed by atoms with Gasteiger partial charge in [0.15, 0.2) is 11.5 Å². The van der Waals surface area contributed by atoms with Gasteiger partial charge in [0.2, 0.25) is 6.79 Å². The zero-order valence-corrected chi connectivity index (χ0v) is 16.1. The molecule has 0 spiro atoms. The summed E-state index contributed by atoms with van der Waals surface area (Å²) in [4.78, 5) is 14.2. The van der Waals surface area contributed by atoms with E-state index in [9.17, 15) is 9.90 Å². The summed E-state index contributed by atoms with van der Waals surface area (Å²) in [5, 5.41) is 12.2. The lowest BCUT2D eigenvalue weighted by molar-refractivity contribution is -0.145. The van der Waals surface area contributed by atoms with E-state index in [2.05, 4.69) is 35.2 Å². The molecule has 0 aromatic heterocycles. The number of piperidine rings is 1. The normalized spacial score (nSPS) is 19.9. The first-order valence-corrected chi connectivity index (χ1v) is 10.1. The molecule has 2 heterocycles. The Balaban J connectivity index is 1.64. The summed E-state index contributed by atoms with van der Waals surface area (Å²) in [6, 6.07) is 20.0. The third kappa shape index (κ3) is 3.32. The van der Waals surface area contributed by atoms with Crippen LogP contribution in [0.15, 0.2) is 60.7 Å². The Hall–Kier alpha value is -3.05. The molecule has 3 aromatic carbocycles. The van der Waals surface area contributed by atoms with Crippen LogP contribution in [0.1, 0.15) is 36.4 Å². The van der Waals surface area contributed by atoms with E-state index in [-0.39, 0.29) is 12.8 Å². The summed E-state index contributed by atoms with van der Waals surface area (Å²) in [6.07, 6.45) is 2.61. The summed E-state index contributed by atoms with van der Waals surface area (Å²) in [7, 11) is 0. The van der Waals surface area contributed by atoms with Gasteiger partial charge in [-0.25, -0.2) is 0 Å². The topological polar surface area (TPSA) is 59.0 Å². The van der Waals surface area contributed by atoms with E-state index in [0.29, 0.717) is 6.42 Å². The molecule has 2 aliphatic heterocycles. The van der Waals surface area contributed by atoms with E-state index in [1.807, 2.05) is 30.3 Å². The molecule has 0 amide bonds. The quantitative estimate of drug-likeness (QED) is 0.707. The van der Waals surface area contributed by atoms with Gasteiger partial charge in [0.25, 0.3) is 0 Å². The van der Waals surface area contributed by atoms with Crippen molar-refractivity contribution in [3.8, 4) is 11.5 Å². The zero-order chi connectivity index (χ0) is 19.8. The summed E-state index contributed by atoms with van der Waals surface area (Å²) in [5.74, 6) is 0.702. The highest BCUT2D eigenvalue weighted by molar-refractivity contribution is 5.83. The van der Waals surface area contributed by atoms with Crippen molar-refractivity contribution < 1.29 is 19.4 Å². The third-order valence-electron chi connectivity index (χ3n) is 5.96. The van der Waals surface area contributed by atoms with Crippen molar-refractivity contribution in [1.29, 1.82) is 0 Å². The van der Waals surface area contributed by atoms with Crippen LogP contribution in [0.4, 0.5) is 0 Å². The fourth-order valence-electron chi connectivity index (χ4n) is 4.56. The van der Waals surface area contributed by atoms with Crippen LogP contribution < -0.4 is 9.47 Å². The van der Waals surface area contributed by atoms with Gasteiger partial charge < -0.3 is 14.6 Å². The van der Waals surface area contributed by atoms with Crippen LogP contribution in [-0.2, 0) is 4.79 Å². The number of carboxylic acids is 1. The first kappa shape index (κ1) is 18.0. The average molecular weight is 389 g/mol. The summed E-state index contributed by atoms with van der Waals surface area (Å²) < 4.78 is 11.1. The second-order valence-corrected chi connectivity index (χ2v) is 7.71. The Labute approximate surface area is 169 Å². The highest BCUT2D eigenvalue weighted by atomic mass is 16.7. The third-order valence-corrected chi connectivity index (χ3v) is 5.96. The minimum atomic E-state index is -0.753. The highest BCUT2D eigenvalue weighted by Gasteiger charge is 2.35. The summed E-state index contributed by atoms with van der Waals surface area (Å²) in [5.41, 5.74) is 2.12. The first-order valence-electron chi connectivity index (χ1n) is 10.1. The Morgan fingerprint density at radius 1 is 0.931 bits per heavy atom. The molecule has 0 radical (unpaired) electrons. The van der Waals surface area contributed by atoms with Crippen molar-refractivity contribution in [2.45, 2.75) is 31.3 Å². The smallest absolute Gasteiger partial charge is 0.320 e. The number of ether oxygens (including phenoxy) is 2. The number of likely N-dealkylation sites (tertiary alicyclic amines) is 1. The molecule has 5 heteroatoms. The Morgan fingerprint density at radius 3 is 2.55 bits per heavy atom. The van der Waals surface area contributed by atoms with Gasteiger partial charge in [0.05, 0.1) is 6.04 Å². The number of rotatable bonds is 4. The van der Waals surface area contributed by atoms with Crippen molar-refractivity contribution in [3.63, 3.8) is 0 Å². The Kier molecular flexibility index (Phi) is 4.60. The monoisotopic (exact) mass is 389 g/mol. The number of nitrogens with zero attached hydrogens (tertiary/aromatic N) is 1. The lowest BCUT2D eigenvalue weighted by atomic mass is 9.90. The van der Waals surface area contributed by atoms with Crippen molar-refractivity contribution in [1.82, 2.24) is 4.90 Å². The van der Waals surface area contributed by atoms with Gasteiger partial charge in [-0.3, -0.25) is 9.69 Å². The van der Waals surface area contributed by atoms with Crippen molar-refractivity contribution >= 4 is 16.7 Å². The van der Waals surface area contributed by atoms with Gasteiger partial charge in [0, 0.05) is 0 Å². The number of carboxylic acid groups (broad SMARTS) is 1. The summed E-state index contributed by atoms with van der Waals surface area (Å²) in [6.45, 7) is 0.976. The van der Waals surface area contributed by atoms with E-state index in [0.717, 1.165) is 47.4 Å². The number of hydrogen-bond donors (Lipinski definition) is 1. The van der Waals surface area contributed by atoms with Crippen LogP contribution in [0.25, 0.3) is 10.8 Å². The number of fused-ring (bicyclic) bond motifs is 2. The first-order chi connectivity index (χ1) is 14.2. The fraction of sp³-hybridized carbons (Fsp3) is 0.292. The molecule has 2 unspecified atom stereocenters. The lowest BCUT2D eigenvalue weighted by Gasteiger charge is -2.39. The molecule has 0 saturated carbocycles. The van der Waals surface area contributed by atoms with Crippen LogP contribution >= 0.6 is 0 Å². The average Bonchev–Trinajstić information content (AvgIpc) is 3.22. The molecule has 2 aliphatic rings. The zero-order valence-electron chi connectivity index (χ0n) is 16.1. The number of carbonyl (C=O) groups is 1. The van der Waals surface area contributed by atoms with E-state index < -0.39 is 12.0 Å². The molecule has 2 atom stereocenters. The minimum absolute atomic E-state index is 0.157. The van der Waals surface area contributed by atoms with E-state index in [1.165, 1.54) is 5.39 Å². The van der Waals surface area contributed by atoms with Crippen molar-refractivity contribution in [2.24, 2.45) is 0 Å². The van der Waals surface area contributed by atoms with Crippen LogP contribution in [0, 0.1) is 0 Å². The van der Waals surface area contributed by atoms with Crippen molar-refractivity contribution in [3.05, 3.63) is 71.8 Å². The van der Waals surface area contributed by atoms with Gasteiger partial charge in [0.1, 0.15) is 6.04 Å². The van der Waals surface area contributed by atoms with Crippen molar-refractivity contribution in [2.75, 3.05) is 13.3 Å². The highest BCUT2D eigenvalue weighted by Crippen LogP contribution is 2.40. The molecule has 0 bridgehead atoms. The molecular formula is C24H23NO4. The lowest BCUT2D eigenvalue weighted by Crippen LogP contribution is -2.46. The predicted molar refractivity (Wildman–Crippen MR) is 110 cm³/mol. The van der Waals surface area contributed by atoms with Gasteiger partial charge >= 0.3 is 5.97 Å². The fourth-order valence-corrected chi connectivity index (χ4v) is 4.56. The number of aliphatic carboxylic acids is 1. The van der Waals surface area contributed by atoms with Gasteiger partial charge in [-0.2, -0.15) is 0 Å². The van der Waals surface area contributed by atoms with Gasteiger partial charge in [-0.15, -0.1) is 0 Å². The standard InChI is InChI=1S/C24H23NO4/c26-24(27)20-7-3-4-12-25(20)23(19-10-11-21-22(14-19)29-15-28-21)18-9-8-16-5-1-2-6-17(16)13-18/h1-2,5-6,8-11,13-14,20,23H,3-4,7,12,15H2,(H,26,27). The molecule has 1 fully saturated rings. The molecule has 148 valence electrons. The molecule has 0 aliphatic carbocycles. The number of benzene rings is 3. The Bertz CT molecular complexity index is 1060. The summed E-state index contributed by atoms with van der Waals surface area (Å²) >= 11 is 0. The second-order valence-electron chi connectivity index (χ2n) is 7.71. The number of hydrogen-bond acceptors (Lipinski definition) is 4. The molecule has 3 aromatic rings. The largest absolute Gasteiger partial charge is 0.480 e. The molecule has 5 nitrogen and oxygen atoms in total. The predicted octanol–water partition coefficient (Wildman–Crippen LogP) is 4.60. The van der Waals surface area contributed by atoms with Crippen LogP contribution in [-0.4, -0.2) is 35.4 Å². The maximum atomic E-state index is 12.0. The maximum Gasteiger partial charge on any atom is 0.320 e. The van der Waals surface area contributed by atoms with E-state index >= 15 is 0 Å². The van der Waals surface area contributed by atoms with Crippen LogP contribution in [0.3, 0.4) is 0 Å². The van der Waals surface area contributed by atoms with Gasteiger partial charge in [-0.05, 0) is 59.5 Å². The SMILES string of the molecule is O=C(O)C1CCCCN1C(c1ccc2c(c1)OCO2)c1ccc2ccccc2c1. The molecule has 5 rings (SSSR count). The minimum Gasteiger partial charge on any atom is -0.480 e. The molecular weight excluding hydrogens is 366 g/mol.